The Balaban J connectivity index is 2.44. The van der Waals surface area contributed by atoms with Gasteiger partial charge in [-0.2, -0.15) is 0 Å². The summed E-state index contributed by atoms with van der Waals surface area (Å²) in [5, 5.41) is 0. The van der Waals surface area contributed by atoms with Crippen molar-refractivity contribution >= 4 is 0 Å². The molecule has 1 atom stereocenters. The number of hydrogen-bond donors (Lipinski definition) is 1. The van der Waals surface area contributed by atoms with Gasteiger partial charge in [-0.25, -0.2) is 0 Å². The van der Waals surface area contributed by atoms with E-state index in [1.54, 1.807) is 0 Å². The minimum Gasteiger partial charge on any atom is -0.328 e. The topological polar surface area (TPSA) is 29.3 Å². The summed E-state index contributed by atoms with van der Waals surface area (Å²) in [7, 11) is 2.21. The molecule has 2 nitrogen and oxygen atoms in total. The van der Waals surface area contributed by atoms with Crippen LogP contribution in [0.15, 0.2) is 12.1 Å². The van der Waals surface area contributed by atoms with E-state index in [1.807, 2.05) is 0 Å². The summed E-state index contributed by atoms with van der Waals surface area (Å²) in [6.07, 6.45) is 3.46. The normalized spacial score (nSPS) is 13.0. The number of likely N-dealkylation sites (N-methyl/N-ethyl adjacent to an activating group) is 1. The first-order valence-corrected chi connectivity index (χ1v) is 7.41. The second-order valence-electron chi connectivity index (χ2n) is 6.05. The second kappa shape index (κ2) is 7.66. The molecule has 0 aliphatic carbocycles. The molecule has 1 rings (SSSR count). The Labute approximate surface area is 119 Å². The van der Waals surface area contributed by atoms with Gasteiger partial charge >= 0.3 is 0 Å². The molecular formula is C17H30N2. The van der Waals surface area contributed by atoms with Gasteiger partial charge in [0.1, 0.15) is 0 Å². The maximum atomic E-state index is 5.78. The third kappa shape index (κ3) is 5.75. The molecule has 0 bridgehead atoms. The molecule has 1 aromatic rings. The summed E-state index contributed by atoms with van der Waals surface area (Å²) >= 11 is 0. The average molecular weight is 262 g/mol. The van der Waals surface area contributed by atoms with Gasteiger partial charge in [0, 0.05) is 12.6 Å². The number of aryl methyl sites for hydroxylation is 3. The zero-order valence-corrected chi connectivity index (χ0v) is 13.3. The first-order valence-electron chi connectivity index (χ1n) is 7.41. The molecule has 0 aliphatic rings. The van der Waals surface area contributed by atoms with Gasteiger partial charge in [-0.15, -0.1) is 0 Å². The lowest BCUT2D eigenvalue weighted by molar-refractivity contribution is 0.326. The van der Waals surface area contributed by atoms with Crippen molar-refractivity contribution in [3.8, 4) is 0 Å². The molecule has 0 heterocycles. The van der Waals surface area contributed by atoms with E-state index in [0.29, 0.717) is 6.04 Å². The van der Waals surface area contributed by atoms with Crippen LogP contribution in [0.3, 0.4) is 0 Å². The lowest BCUT2D eigenvalue weighted by atomic mass is 9.97. The lowest BCUT2D eigenvalue weighted by Crippen LogP contribution is -2.25. The third-order valence-corrected chi connectivity index (χ3v) is 3.78. The van der Waals surface area contributed by atoms with Crippen LogP contribution in [-0.2, 0) is 6.42 Å². The van der Waals surface area contributed by atoms with Gasteiger partial charge in [0.2, 0.25) is 0 Å². The fraction of sp³-hybridized carbons (Fsp3) is 0.647. The van der Waals surface area contributed by atoms with Crippen LogP contribution in [0, 0.1) is 20.8 Å². The zero-order chi connectivity index (χ0) is 14.4. The molecule has 108 valence electrons. The first kappa shape index (κ1) is 16.2. The predicted molar refractivity (Wildman–Crippen MR) is 84.7 cm³/mol. The van der Waals surface area contributed by atoms with Crippen LogP contribution in [0.1, 0.15) is 42.0 Å². The van der Waals surface area contributed by atoms with Gasteiger partial charge in [-0.1, -0.05) is 17.7 Å². The maximum Gasteiger partial charge on any atom is 0.00190 e. The van der Waals surface area contributed by atoms with E-state index < -0.39 is 0 Å². The van der Waals surface area contributed by atoms with Crippen molar-refractivity contribution < 1.29 is 0 Å². The smallest absolute Gasteiger partial charge is 0.00190 e. The molecule has 1 unspecified atom stereocenters. The maximum absolute atomic E-state index is 5.78. The Morgan fingerprint density at radius 1 is 1.11 bits per heavy atom. The van der Waals surface area contributed by atoms with Gasteiger partial charge in [0.25, 0.3) is 0 Å². The van der Waals surface area contributed by atoms with Crippen molar-refractivity contribution in [2.45, 2.75) is 53.0 Å². The van der Waals surface area contributed by atoms with Crippen LogP contribution in [-0.4, -0.2) is 31.1 Å². The van der Waals surface area contributed by atoms with Crippen molar-refractivity contribution in [3.05, 3.63) is 34.4 Å². The molecule has 0 saturated carbocycles. The Bertz CT molecular complexity index is 373. The first-order chi connectivity index (χ1) is 8.90. The Morgan fingerprint density at radius 2 is 1.68 bits per heavy atom. The molecular weight excluding hydrogens is 232 g/mol. The van der Waals surface area contributed by atoms with Crippen LogP contribution >= 0.6 is 0 Å². The highest BCUT2D eigenvalue weighted by molar-refractivity contribution is 5.37. The van der Waals surface area contributed by atoms with E-state index in [1.165, 1.54) is 28.7 Å². The quantitative estimate of drug-likeness (QED) is 0.817. The van der Waals surface area contributed by atoms with E-state index in [9.17, 15) is 0 Å². The molecule has 19 heavy (non-hydrogen) atoms. The molecule has 0 amide bonds. The van der Waals surface area contributed by atoms with Crippen LogP contribution in [0.2, 0.25) is 0 Å². The van der Waals surface area contributed by atoms with Crippen LogP contribution in [0.5, 0.6) is 0 Å². The molecule has 0 aromatic heterocycles. The summed E-state index contributed by atoms with van der Waals surface area (Å²) in [6.45, 7) is 11.0. The Morgan fingerprint density at radius 3 is 2.21 bits per heavy atom. The molecule has 2 N–H and O–H groups in total. The van der Waals surface area contributed by atoms with E-state index in [-0.39, 0.29) is 0 Å². The molecule has 0 spiro atoms. The number of rotatable bonds is 7. The second-order valence-corrected chi connectivity index (χ2v) is 6.05. The minimum absolute atomic E-state index is 0.329. The Hall–Kier alpha value is -0.860. The van der Waals surface area contributed by atoms with Gasteiger partial charge in [0.05, 0.1) is 0 Å². The summed E-state index contributed by atoms with van der Waals surface area (Å²) in [4.78, 5) is 2.42. The highest BCUT2D eigenvalue weighted by atomic mass is 15.1. The summed E-state index contributed by atoms with van der Waals surface area (Å²) in [6, 6.07) is 4.91. The van der Waals surface area contributed by atoms with E-state index in [0.717, 1.165) is 25.9 Å². The average Bonchev–Trinajstić information content (AvgIpc) is 2.26. The van der Waals surface area contributed by atoms with Gasteiger partial charge in [-0.05, 0) is 77.2 Å². The van der Waals surface area contributed by atoms with E-state index >= 15 is 0 Å². The van der Waals surface area contributed by atoms with E-state index in [4.69, 9.17) is 5.73 Å². The predicted octanol–water partition coefficient (Wildman–Crippen LogP) is 3.21. The minimum atomic E-state index is 0.329. The van der Waals surface area contributed by atoms with Gasteiger partial charge < -0.3 is 10.6 Å². The Kier molecular flexibility index (Phi) is 6.53. The third-order valence-electron chi connectivity index (χ3n) is 3.78. The molecule has 0 aliphatic heterocycles. The standard InChI is InChI=1S/C17H30N2/c1-13-11-14(2)17(15(3)12-13)8-10-19(5)9-6-7-16(4)18/h11-12,16H,6-10,18H2,1-5H3. The van der Waals surface area contributed by atoms with Gasteiger partial charge in [0.15, 0.2) is 0 Å². The summed E-state index contributed by atoms with van der Waals surface area (Å²) in [5.74, 6) is 0. The number of hydrogen-bond acceptors (Lipinski definition) is 2. The number of nitrogens with zero attached hydrogens (tertiary/aromatic N) is 1. The molecule has 0 saturated heterocycles. The molecule has 1 aromatic carbocycles. The van der Waals surface area contributed by atoms with Crippen LogP contribution < -0.4 is 5.73 Å². The van der Waals surface area contributed by atoms with Crippen LogP contribution in [0.25, 0.3) is 0 Å². The van der Waals surface area contributed by atoms with Crippen LogP contribution in [0.4, 0.5) is 0 Å². The molecule has 0 fully saturated rings. The highest BCUT2D eigenvalue weighted by Crippen LogP contribution is 2.17. The summed E-state index contributed by atoms with van der Waals surface area (Å²) in [5.41, 5.74) is 11.5. The zero-order valence-electron chi connectivity index (χ0n) is 13.3. The van der Waals surface area contributed by atoms with E-state index in [2.05, 4.69) is 51.8 Å². The van der Waals surface area contributed by atoms with Crippen molar-refractivity contribution in [3.63, 3.8) is 0 Å². The van der Waals surface area contributed by atoms with Crippen molar-refractivity contribution in [2.75, 3.05) is 20.1 Å². The highest BCUT2D eigenvalue weighted by Gasteiger charge is 2.06. The fourth-order valence-electron chi connectivity index (χ4n) is 2.70. The SMILES string of the molecule is Cc1cc(C)c(CCN(C)CCCC(C)N)c(C)c1. The van der Waals surface area contributed by atoms with Gasteiger partial charge in [-0.3, -0.25) is 0 Å². The summed E-state index contributed by atoms with van der Waals surface area (Å²) < 4.78 is 0. The largest absolute Gasteiger partial charge is 0.328 e. The fourth-order valence-corrected chi connectivity index (χ4v) is 2.70. The number of nitrogens with two attached hydrogens (primary N) is 1. The molecule has 0 radical (unpaired) electrons. The van der Waals surface area contributed by atoms with Crippen molar-refractivity contribution in [2.24, 2.45) is 5.73 Å². The molecule has 2 heteroatoms. The van der Waals surface area contributed by atoms with Crippen molar-refractivity contribution in [1.29, 1.82) is 0 Å². The number of benzene rings is 1. The monoisotopic (exact) mass is 262 g/mol. The lowest BCUT2D eigenvalue weighted by Gasteiger charge is -2.19. The van der Waals surface area contributed by atoms with Crippen molar-refractivity contribution in [1.82, 2.24) is 4.90 Å².